The fourth-order valence-electron chi connectivity index (χ4n) is 10.4. The number of nitrogen functional groups attached to an aromatic ring is 2. The number of hydrogen-bond donors (Lipinski definition) is 2. The van der Waals surface area contributed by atoms with Gasteiger partial charge in [-0.25, -0.2) is 52.7 Å². The number of hydrogen-bond acceptors (Lipinski definition) is 23. The zero-order valence-corrected chi connectivity index (χ0v) is 49.1. The van der Waals surface area contributed by atoms with Gasteiger partial charge in [0, 0.05) is 30.4 Å². The fraction of sp³-hybridized carbons (Fsp3) is 0.309. The van der Waals surface area contributed by atoms with Gasteiger partial charge in [-0.15, -0.1) is 5.10 Å². The molecule has 0 bridgehead atoms. The summed E-state index contributed by atoms with van der Waals surface area (Å²) in [6.45, 7) is -1.10. The van der Waals surface area contributed by atoms with Gasteiger partial charge >= 0.3 is 12.8 Å². The number of para-hydroxylation sites is 1. The van der Waals surface area contributed by atoms with Crippen LogP contribution in [0.1, 0.15) is 54.2 Å². The molecular weight excluding hydrogens is 1190 g/mol. The van der Waals surface area contributed by atoms with Crippen LogP contribution in [0.5, 0.6) is 11.5 Å². The Kier molecular flexibility index (Phi) is 16.8. The number of alkyl halides is 2. The molecule has 3 aliphatic heterocycles. The van der Waals surface area contributed by atoms with E-state index in [0.717, 1.165) is 41.5 Å². The minimum absolute atomic E-state index is 0.00493. The fourth-order valence-corrected chi connectivity index (χ4v) is 14.5. The maximum Gasteiger partial charge on any atom is 0.389 e. The highest BCUT2D eigenvalue weighted by atomic mass is 32.7. The maximum atomic E-state index is 16.8. The lowest BCUT2D eigenvalue weighted by molar-refractivity contribution is -0.118. The largest absolute Gasteiger partial charge is 0.492 e. The number of esters is 1. The predicted octanol–water partition coefficient (Wildman–Crippen LogP) is 8.55. The first kappa shape index (κ1) is 59.3. The van der Waals surface area contributed by atoms with E-state index in [4.69, 9.17) is 56.1 Å². The number of fused-ring (bicyclic) bond motifs is 7. The van der Waals surface area contributed by atoms with Crippen LogP contribution in [0.4, 0.5) is 26.1 Å². The van der Waals surface area contributed by atoms with Crippen molar-refractivity contribution in [1.29, 1.82) is 0 Å². The van der Waals surface area contributed by atoms with E-state index in [2.05, 4.69) is 40.2 Å². The first-order chi connectivity index (χ1) is 42.0. The van der Waals surface area contributed by atoms with Crippen molar-refractivity contribution in [3.8, 4) is 34.0 Å². The molecule has 4 N–H and O–H groups in total. The second-order valence-corrected chi connectivity index (χ2v) is 25.8. The molecule has 8 heterocycles. The molecule has 1 amide bonds. The Morgan fingerprint density at radius 2 is 1.41 bits per heavy atom. The molecule has 3 aliphatic rings. The van der Waals surface area contributed by atoms with Crippen LogP contribution in [-0.4, -0.2) is 131 Å². The van der Waals surface area contributed by atoms with Crippen molar-refractivity contribution < 1.29 is 64.5 Å². The van der Waals surface area contributed by atoms with E-state index in [1.807, 2.05) is 55.5 Å². The molecule has 0 spiro atoms. The van der Waals surface area contributed by atoms with Gasteiger partial charge in [0.15, 0.2) is 47.7 Å². The van der Waals surface area contributed by atoms with E-state index in [0.29, 0.717) is 47.9 Å². The third-order valence-electron chi connectivity index (χ3n) is 14.7. The van der Waals surface area contributed by atoms with Crippen molar-refractivity contribution in [1.82, 2.24) is 54.0 Å². The molecule has 2 saturated heterocycles. The molecule has 0 saturated carbocycles. The van der Waals surface area contributed by atoms with E-state index in [-0.39, 0.29) is 63.5 Å². The SMILES string of the molecule is [B]P(=O)(OC)O[C@H]1[C@@H](F)[C@H](n2cnc3c(N)ncnc32)O[C@@H]1COP(=O)(O[C@@H]1C(C)O[C@@H](n2cnc3c(N)ncnc32)[C@@H]1F)SCc1ccc(OC(=O)c2ccc(OCCn3nnc4c3-c3ccccc3CN(C(=O)CC)c3ccccc3-4)cc2)cc1. The number of nitrogens with two attached hydrogens (primary N) is 2. The second-order valence-electron chi connectivity index (χ2n) is 20.2. The van der Waals surface area contributed by atoms with E-state index in [1.165, 1.54) is 47.2 Å². The lowest BCUT2D eigenvalue weighted by Gasteiger charge is -2.28. The van der Waals surface area contributed by atoms with Gasteiger partial charge in [-0.1, -0.05) is 66.7 Å². The van der Waals surface area contributed by atoms with E-state index < -0.39 is 76.1 Å². The highest BCUT2D eigenvalue weighted by Gasteiger charge is 2.53. The molecular formula is C55H53BF2N14O12P2S. The van der Waals surface area contributed by atoms with Gasteiger partial charge in [-0.05, 0) is 71.9 Å². The number of aromatic nitrogens is 11. The number of benzene rings is 4. The van der Waals surface area contributed by atoms with Crippen molar-refractivity contribution in [3.63, 3.8) is 0 Å². The predicted molar refractivity (Wildman–Crippen MR) is 313 cm³/mol. The normalized spacial score (nSPS) is 22.2. The summed E-state index contributed by atoms with van der Waals surface area (Å²) in [6.07, 6.45) is -7.82. The van der Waals surface area contributed by atoms with Gasteiger partial charge in [0.25, 0.3) is 7.47 Å². The molecule has 2 fully saturated rings. The van der Waals surface area contributed by atoms with Crippen LogP contribution in [0.2, 0.25) is 0 Å². The number of nitrogens with zero attached hydrogens (tertiary/aromatic N) is 12. The molecule has 10 atom stereocenters. The quantitative estimate of drug-likeness (QED) is 0.0312. The lowest BCUT2D eigenvalue weighted by Crippen LogP contribution is -2.34. The average molecular weight is 1240 g/mol. The van der Waals surface area contributed by atoms with Gasteiger partial charge in [-0.2, -0.15) is 0 Å². The number of halogens is 2. The van der Waals surface area contributed by atoms with Crippen molar-refractivity contribution in [2.45, 2.75) is 88.3 Å². The molecule has 9 aromatic rings. The number of carbonyl (C=O) groups excluding carboxylic acids is 2. The molecule has 2 radical (unpaired) electrons. The first-order valence-electron chi connectivity index (χ1n) is 27.1. The Bertz CT molecular complexity index is 4140. The highest BCUT2D eigenvalue weighted by Crippen LogP contribution is 2.64. The van der Waals surface area contributed by atoms with Crippen LogP contribution < -0.4 is 25.8 Å². The summed E-state index contributed by atoms with van der Waals surface area (Å²) in [6, 6.07) is 28.3. The van der Waals surface area contributed by atoms with Crippen molar-refractivity contribution in [2.24, 2.45) is 0 Å². The summed E-state index contributed by atoms with van der Waals surface area (Å²) in [7, 11) is 2.35. The van der Waals surface area contributed by atoms with Crippen LogP contribution in [0, 0.1) is 0 Å². The van der Waals surface area contributed by atoms with Gasteiger partial charge < -0.3 is 44.4 Å². The van der Waals surface area contributed by atoms with E-state index in [1.54, 1.807) is 46.0 Å². The van der Waals surface area contributed by atoms with Crippen LogP contribution >= 0.6 is 25.7 Å². The van der Waals surface area contributed by atoms with Gasteiger partial charge in [-0.3, -0.25) is 27.5 Å². The third kappa shape index (κ3) is 12.0. The van der Waals surface area contributed by atoms with Gasteiger partial charge in [0.2, 0.25) is 13.5 Å². The number of imidazole rings is 2. The summed E-state index contributed by atoms with van der Waals surface area (Å²) in [5, 5.41) is 9.14. The summed E-state index contributed by atoms with van der Waals surface area (Å²) in [5.41, 5.74) is 18.2. The highest BCUT2D eigenvalue weighted by molar-refractivity contribution is 8.54. The van der Waals surface area contributed by atoms with Crippen molar-refractivity contribution >= 4 is 84.7 Å². The summed E-state index contributed by atoms with van der Waals surface area (Å²) in [5.74, 6) is -0.0399. The average Bonchev–Trinajstić information content (AvgIpc) is 2.12. The standard InChI is InChI=1S/C55H53BF2N14O12P2S/c1-4-40(73)69-23-33-9-5-6-10-36(33)46-43(37-11-7-8-12-38(37)69)67-68-72(46)21-22-78-34-19-15-32(16-20-34)55(74)81-35-17-13-31(14-18-35)25-87-86(76,84-47-30(2)80-53(41(47)57)70-28-65-44-49(59)61-26-63-51(44)70)79-24-39-48(83-85(56,75)77-3)42(58)54(82-39)71-29-66-45-50(60)62-27-64-52(45)71/h5-20,26-30,39,41-42,47-48,53-54H,4,21-25H2,1-3H3,(H2,59,61,63)(H2,60,62,64)/t30?,39-,41-,42-,47-,48-,53-,54-,85?,86?/m1/s1. The molecule has 12 rings (SSSR count). The summed E-state index contributed by atoms with van der Waals surface area (Å²) >= 11 is 0.656. The molecule has 87 heavy (non-hydrogen) atoms. The lowest BCUT2D eigenvalue weighted by atomic mass is 9.95. The Labute approximate surface area is 499 Å². The molecule has 26 nitrogen and oxygen atoms in total. The monoisotopic (exact) mass is 1240 g/mol. The van der Waals surface area contributed by atoms with Crippen LogP contribution in [0.3, 0.4) is 0 Å². The van der Waals surface area contributed by atoms with E-state index >= 15 is 13.3 Å². The van der Waals surface area contributed by atoms with Crippen molar-refractivity contribution in [3.05, 3.63) is 139 Å². The van der Waals surface area contributed by atoms with Crippen molar-refractivity contribution in [2.75, 3.05) is 36.7 Å². The third-order valence-corrected chi connectivity index (χ3v) is 19.4. The molecule has 0 aliphatic carbocycles. The Hall–Kier alpha value is -8.05. The van der Waals surface area contributed by atoms with E-state index in [9.17, 15) is 14.2 Å². The molecule has 32 heteroatoms. The minimum Gasteiger partial charge on any atom is -0.492 e. The minimum atomic E-state index is -4.62. The Morgan fingerprint density at radius 3 is 2.09 bits per heavy atom. The zero-order chi connectivity index (χ0) is 60.7. The van der Waals surface area contributed by atoms with Gasteiger partial charge in [0.05, 0.1) is 55.4 Å². The number of carbonyl (C=O) groups is 2. The Balaban J connectivity index is 0.718. The number of rotatable bonds is 20. The number of ether oxygens (including phenoxy) is 4. The van der Waals surface area contributed by atoms with Gasteiger partial charge in [0.1, 0.15) is 65.8 Å². The smallest absolute Gasteiger partial charge is 0.389 e. The number of anilines is 3. The maximum absolute atomic E-state index is 16.8. The molecule has 5 aromatic heterocycles. The first-order valence-corrected chi connectivity index (χ1v) is 31.9. The molecule has 448 valence electrons. The van der Waals surface area contributed by atoms with Crippen LogP contribution in [-0.2, 0) is 60.3 Å². The second kappa shape index (κ2) is 24.6. The zero-order valence-electron chi connectivity index (χ0n) is 46.5. The summed E-state index contributed by atoms with van der Waals surface area (Å²) < 4.78 is 112. The number of amides is 1. The summed E-state index contributed by atoms with van der Waals surface area (Å²) in [4.78, 5) is 53.1. The Morgan fingerprint density at radius 1 is 0.782 bits per heavy atom. The van der Waals surface area contributed by atoms with Crippen LogP contribution in [0.25, 0.3) is 44.8 Å². The topological polar surface area (TPSA) is 315 Å². The van der Waals surface area contributed by atoms with Crippen LogP contribution in [0.15, 0.2) is 122 Å². The molecule has 4 aromatic carbocycles. The molecule has 3 unspecified atom stereocenters.